The molecule has 7 heteroatoms. The van der Waals surface area contributed by atoms with Crippen LogP contribution in [0.5, 0.6) is 0 Å². The van der Waals surface area contributed by atoms with Crippen molar-refractivity contribution in [1.82, 2.24) is 10.3 Å². The lowest BCUT2D eigenvalue weighted by Gasteiger charge is -2.28. The number of halogens is 1. The van der Waals surface area contributed by atoms with Crippen LogP contribution in [0, 0.1) is 17.2 Å². The summed E-state index contributed by atoms with van der Waals surface area (Å²) in [6, 6.07) is 7.75. The second-order valence-corrected chi connectivity index (χ2v) is 8.87. The fourth-order valence-corrected chi connectivity index (χ4v) is 4.15. The number of nitrogens with one attached hydrogen (secondary N) is 1. The Balaban J connectivity index is 2.09. The molecular formula is C16H18ClN3OS2. The average Bonchev–Trinajstić information content (AvgIpc) is 2.87. The number of benzene rings is 1. The maximum absolute atomic E-state index is 12.4. The molecule has 0 aliphatic carbocycles. The van der Waals surface area contributed by atoms with Crippen molar-refractivity contribution in [3.63, 3.8) is 0 Å². The van der Waals surface area contributed by atoms with Crippen LogP contribution < -0.4 is 5.32 Å². The molecule has 2 rings (SSSR count). The molecule has 0 fully saturated rings. The van der Waals surface area contributed by atoms with E-state index < -0.39 is 5.54 Å². The number of nitriles is 1. The summed E-state index contributed by atoms with van der Waals surface area (Å²) in [7, 11) is 0. The van der Waals surface area contributed by atoms with Gasteiger partial charge in [0, 0.05) is 5.02 Å². The molecule has 1 aromatic carbocycles. The summed E-state index contributed by atoms with van der Waals surface area (Å²) < 4.78 is 1.85. The fraction of sp³-hybridized carbons (Fsp3) is 0.438. The van der Waals surface area contributed by atoms with Crippen molar-refractivity contribution < 1.29 is 4.79 Å². The topological polar surface area (TPSA) is 65.8 Å². The van der Waals surface area contributed by atoms with Gasteiger partial charge in [0.15, 0.2) is 4.34 Å². The van der Waals surface area contributed by atoms with Gasteiger partial charge >= 0.3 is 0 Å². The van der Waals surface area contributed by atoms with Gasteiger partial charge in [-0.05, 0) is 38.0 Å². The summed E-state index contributed by atoms with van der Waals surface area (Å²) in [6.45, 7) is 7.39. The van der Waals surface area contributed by atoms with E-state index in [1.807, 2.05) is 39.0 Å². The molecule has 1 amide bonds. The molecule has 2 aromatic rings. The Kier molecular flexibility index (Phi) is 5.56. The Morgan fingerprint density at radius 2 is 2.17 bits per heavy atom. The number of amides is 1. The number of rotatable bonds is 5. The number of carbonyl (C=O) groups excluding carboxylic acids is 1. The van der Waals surface area contributed by atoms with Gasteiger partial charge in [-0.25, -0.2) is 4.98 Å². The first kappa shape index (κ1) is 18.1. The highest BCUT2D eigenvalue weighted by atomic mass is 35.5. The third-order valence-electron chi connectivity index (χ3n) is 3.75. The number of nitrogens with zero attached hydrogens (tertiary/aromatic N) is 2. The minimum atomic E-state index is -0.868. The van der Waals surface area contributed by atoms with E-state index in [0.29, 0.717) is 5.02 Å². The second kappa shape index (κ2) is 7.08. The summed E-state index contributed by atoms with van der Waals surface area (Å²) in [5.74, 6) is -0.136. The van der Waals surface area contributed by atoms with Crippen LogP contribution in [0.15, 0.2) is 22.5 Å². The number of thioether (sulfide) groups is 1. The van der Waals surface area contributed by atoms with Gasteiger partial charge in [-0.3, -0.25) is 4.79 Å². The lowest BCUT2D eigenvalue weighted by Crippen LogP contribution is -2.51. The van der Waals surface area contributed by atoms with Gasteiger partial charge in [-0.15, -0.1) is 11.3 Å². The zero-order valence-corrected chi connectivity index (χ0v) is 15.8. The molecule has 1 heterocycles. The molecular weight excluding hydrogens is 350 g/mol. The normalized spacial score (nSPS) is 15.2. The van der Waals surface area contributed by atoms with Crippen molar-refractivity contribution in [1.29, 1.82) is 5.26 Å². The molecule has 1 aromatic heterocycles. The third-order valence-corrected chi connectivity index (χ3v) is 6.21. The van der Waals surface area contributed by atoms with E-state index in [9.17, 15) is 10.1 Å². The highest BCUT2D eigenvalue weighted by molar-refractivity contribution is 8.02. The molecule has 0 radical (unpaired) electrons. The van der Waals surface area contributed by atoms with Crippen LogP contribution in [0.25, 0.3) is 10.2 Å². The number of thiazole rings is 1. The molecule has 0 spiro atoms. The smallest absolute Gasteiger partial charge is 0.234 e. The highest BCUT2D eigenvalue weighted by Gasteiger charge is 2.32. The van der Waals surface area contributed by atoms with Gasteiger partial charge in [-0.1, -0.05) is 37.2 Å². The minimum Gasteiger partial charge on any atom is -0.337 e. The van der Waals surface area contributed by atoms with Crippen LogP contribution in [0.1, 0.15) is 27.7 Å². The Morgan fingerprint density at radius 1 is 1.48 bits per heavy atom. The predicted molar refractivity (Wildman–Crippen MR) is 96.9 cm³/mol. The fourth-order valence-electron chi connectivity index (χ4n) is 1.79. The number of aromatic nitrogens is 1. The van der Waals surface area contributed by atoms with E-state index in [-0.39, 0.29) is 17.1 Å². The summed E-state index contributed by atoms with van der Waals surface area (Å²) >= 11 is 8.88. The first-order valence-electron chi connectivity index (χ1n) is 7.21. The molecule has 0 saturated carbocycles. The highest BCUT2D eigenvalue weighted by Crippen LogP contribution is 2.33. The van der Waals surface area contributed by atoms with Gasteiger partial charge in [0.05, 0.1) is 21.5 Å². The monoisotopic (exact) mass is 367 g/mol. The van der Waals surface area contributed by atoms with Crippen molar-refractivity contribution in [2.24, 2.45) is 5.92 Å². The van der Waals surface area contributed by atoms with E-state index in [2.05, 4.69) is 16.4 Å². The van der Waals surface area contributed by atoms with E-state index in [1.165, 1.54) is 23.1 Å². The van der Waals surface area contributed by atoms with Crippen LogP contribution in [0.3, 0.4) is 0 Å². The lowest BCUT2D eigenvalue weighted by molar-refractivity contribution is -0.121. The summed E-state index contributed by atoms with van der Waals surface area (Å²) in [5, 5.41) is 12.5. The second-order valence-electron chi connectivity index (χ2n) is 5.81. The quantitative estimate of drug-likeness (QED) is 0.791. The van der Waals surface area contributed by atoms with E-state index in [4.69, 9.17) is 11.6 Å². The Bertz CT molecular complexity index is 768. The molecule has 4 nitrogen and oxygen atoms in total. The zero-order chi connectivity index (χ0) is 17.2. The molecule has 0 saturated heterocycles. The molecule has 0 aliphatic rings. The van der Waals surface area contributed by atoms with Crippen LogP contribution in [0.2, 0.25) is 5.02 Å². The summed E-state index contributed by atoms with van der Waals surface area (Å²) in [4.78, 5) is 16.9. The summed E-state index contributed by atoms with van der Waals surface area (Å²) in [5.41, 5.74) is -0.0332. The Labute approximate surface area is 149 Å². The largest absolute Gasteiger partial charge is 0.337 e. The van der Waals surface area contributed by atoms with Crippen molar-refractivity contribution in [2.45, 2.75) is 42.8 Å². The molecule has 2 atom stereocenters. The van der Waals surface area contributed by atoms with Gasteiger partial charge in [0.1, 0.15) is 5.54 Å². The number of fused-ring (bicyclic) bond motifs is 1. The number of carbonyl (C=O) groups is 1. The Morgan fingerprint density at radius 3 is 2.78 bits per heavy atom. The van der Waals surface area contributed by atoms with Crippen LogP contribution in [-0.2, 0) is 4.79 Å². The summed E-state index contributed by atoms with van der Waals surface area (Å²) in [6.07, 6.45) is 0. The molecule has 0 unspecified atom stereocenters. The SMILES string of the molecule is CC(C)[C@@](C)(C#N)NC(=O)[C@@H](C)Sc1nc2cc(Cl)ccc2s1. The van der Waals surface area contributed by atoms with E-state index >= 15 is 0 Å². The number of hydrogen-bond donors (Lipinski definition) is 1. The van der Waals surface area contributed by atoms with Crippen molar-refractivity contribution in [2.75, 3.05) is 0 Å². The third kappa shape index (κ3) is 4.17. The predicted octanol–water partition coefficient (Wildman–Crippen LogP) is 4.48. The van der Waals surface area contributed by atoms with Gasteiger partial charge in [-0.2, -0.15) is 5.26 Å². The maximum Gasteiger partial charge on any atom is 0.234 e. The van der Waals surface area contributed by atoms with Gasteiger partial charge in [0.25, 0.3) is 0 Å². The Hall–Kier alpha value is -1.29. The van der Waals surface area contributed by atoms with Crippen LogP contribution in [0.4, 0.5) is 0 Å². The number of hydrogen-bond acceptors (Lipinski definition) is 5. The van der Waals surface area contributed by atoms with Crippen molar-refractivity contribution in [3.05, 3.63) is 23.2 Å². The van der Waals surface area contributed by atoms with Gasteiger partial charge in [0.2, 0.25) is 5.91 Å². The zero-order valence-electron chi connectivity index (χ0n) is 13.4. The standard InChI is InChI=1S/C16H18ClN3OS2/c1-9(2)16(4,8-18)20-14(21)10(3)22-15-19-12-7-11(17)5-6-13(12)23-15/h5-7,9-10H,1-4H3,(H,20,21)/t10-,16-/m1/s1. The minimum absolute atomic E-state index is 0.0262. The molecule has 1 N–H and O–H groups in total. The van der Waals surface area contributed by atoms with E-state index in [0.717, 1.165) is 14.6 Å². The lowest BCUT2D eigenvalue weighted by atomic mass is 9.90. The van der Waals surface area contributed by atoms with Crippen LogP contribution in [-0.4, -0.2) is 21.7 Å². The molecule has 122 valence electrons. The molecule has 23 heavy (non-hydrogen) atoms. The van der Waals surface area contributed by atoms with Crippen LogP contribution >= 0.6 is 34.7 Å². The maximum atomic E-state index is 12.4. The first-order chi connectivity index (χ1) is 10.7. The van der Waals surface area contributed by atoms with Crippen molar-refractivity contribution >= 4 is 50.8 Å². The van der Waals surface area contributed by atoms with Gasteiger partial charge < -0.3 is 5.32 Å². The average molecular weight is 368 g/mol. The van der Waals surface area contributed by atoms with E-state index in [1.54, 1.807) is 6.92 Å². The van der Waals surface area contributed by atoms with Crippen molar-refractivity contribution in [3.8, 4) is 6.07 Å². The first-order valence-corrected chi connectivity index (χ1v) is 9.28. The molecule has 0 bridgehead atoms. The molecule has 0 aliphatic heterocycles.